The molecule has 5 N–H and O–H groups in total. The largest absolute Gasteiger partial charge is 0.399 e. The van der Waals surface area contributed by atoms with Gasteiger partial charge in [0.05, 0.1) is 0 Å². The number of nitrogens with zero attached hydrogens (tertiary/aromatic N) is 1. The number of amides is 3. The van der Waals surface area contributed by atoms with Crippen molar-refractivity contribution in [2.45, 2.75) is 0 Å². The molecule has 0 fully saturated rings. The molecule has 0 aliphatic rings. The molecule has 0 bridgehead atoms. The van der Waals surface area contributed by atoms with Crippen molar-refractivity contribution < 1.29 is 14.4 Å². The van der Waals surface area contributed by atoms with Gasteiger partial charge in [0.15, 0.2) is 0 Å². The topological polar surface area (TPSA) is 119 Å². The highest BCUT2D eigenvalue weighted by atomic mass is 16.2. The molecular formula is C21H18N4O3. The van der Waals surface area contributed by atoms with E-state index in [1.807, 2.05) is 0 Å². The summed E-state index contributed by atoms with van der Waals surface area (Å²) >= 11 is 0. The Kier molecular flexibility index (Phi) is 5.36. The highest BCUT2D eigenvalue weighted by Crippen LogP contribution is 2.26. The number of anilines is 4. The van der Waals surface area contributed by atoms with Crippen molar-refractivity contribution in [3.8, 4) is 0 Å². The van der Waals surface area contributed by atoms with Gasteiger partial charge < -0.3 is 11.5 Å². The Bertz CT molecular complexity index is 1000. The molecule has 3 rings (SSSR count). The van der Waals surface area contributed by atoms with E-state index in [-0.39, 0.29) is 5.56 Å². The van der Waals surface area contributed by atoms with Gasteiger partial charge in [-0.3, -0.25) is 24.6 Å². The van der Waals surface area contributed by atoms with Crippen LogP contribution >= 0.6 is 0 Å². The van der Waals surface area contributed by atoms with E-state index < -0.39 is 17.7 Å². The Morgan fingerprint density at radius 2 is 1.18 bits per heavy atom. The van der Waals surface area contributed by atoms with Gasteiger partial charge in [-0.15, -0.1) is 0 Å². The fourth-order valence-corrected chi connectivity index (χ4v) is 2.55. The summed E-state index contributed by atoms with van der Waals surface area (Å²) in [7, 11) is 0. The van der Waals surface area contributed by atoms with Crippen molar-refractivity contribution in [3.05, 3.63) is 84.4 Å². The zero-order valence-corrected chi connectivity index (χ0v) is 14.8. The summed E-state index contributed by atoms with van der Waals surface area (Å²) in [5.74, 6) is -2.65. The van der Waals surface area contributed by atoms with Gasteiger partial charge in [-0.1, -0.05) is 18.2 Å². The van der Waals surface area contributed by atoms with Crippen LogP contribution in [-0.2, 0) is 9.59 Å². The lowest BCUT2D eigenvalue weighted by Crippen LogP contribution is -2.43. The van der Waals surface area contributed by atoms with Crippen LogP contribution in [-0.4, -0.2) is 17.7 Å². The predicted molar refractivity (Wildman–Crippen MR) is 108 cm³/mol. The van der Waals surface area contributed by atoms with Gasteiger partial charge in [-0.2, -0.15) is 0 Å². The number of carbonyl (C=O) groups is 3. The first kappa shape index (κ1) is 18.7. The van der Waals surface area contributed by atoms with Crippen LogP contribution in [0.25, 0.3) is 0 Å². The molecule has 0 saturated heterocycles. The fraction of sp³-hybridized carbons (Fsp3) is 0. The Hall–Kier alpha value is -4.13. The summed E-state index contributed by atoms with van der Waals surface area (Å²) < 4.78 is 0. The number of imide groups is 1. The third kappa shape index (κ3) is 4.16. The van der Waals surface area contributed by atoms with E-state index in [1.54, 1.807) is 54.6 Å². The highest BCUT2D eigenvalue weighted by molar-refractivity contribution is 6.44. The van der Waals surface area contributed by atoms with Gasteiger partial charge in [0.1, 0.15) is 0 Å². The quantitative estimate of drug-likeness (QED) is 0.481. The summed E-state index contributed by atoms with van der Waals surface area (Å²) in [6, 6.07) is 21.1. The van der Waals surface area contributed by atoms with Gasteiger partial charge in [-0.25, -0.2) is 0 Å². The summed E-state index contributed by atoms with van der Waals surface area (Å²) in [5, 5.41) is 2.11. The number of nitrogen functional groups attached to an aromatic ring is 2. The van der Waals surface area contributed by atoms with E-state index in [0.29, 0.717) is 22.7 Å². The summed E-state index contributed by atoms with van der Waals surface area (Å²) in [6.07, 6.45) is 0. The van der Waals surface area contributed by atoms with E-state index in [9.17, 15) is 14.4 Å². The Labute approximate surface area is 161 Å². The summed E-state index contributed by atoms with van der Waals surface area (Å²) in [6.45, 7) is 0. The van der Waals surface area contributed by atoms with Gasteiger partial charge in [-0.05, 0) is 60.7 Å². The average molecular weight is 374 g/mol. The number of nitrogens with two attached hydrogens (primary N) is 2. The van der Waals surface area contributed by atoms with Crippen molar-refractivity contribution in [2.24, 2.45) is 0 Å². The summed E-state index contributed by atoms with van der Waals surface area (Å²) in [5.41, 5.74) is 13.4. The Balaban J connectivity index is 1.86. The molecule has 3 aromatic carbocycles. The standard InChI is InChI=1S/C21H18N4O3/c22-15-8-6-14(7-9-15)19(26)24-20(27)21(28)25(17-4-2-1-3-5-17)18-12-10-16(23)11-13-18/h1-13H,22-23H2,(H,24,26,27). The molecule has 3 amide bonds. The number of carbonyl (C=O) groups excluding carboxylic acids is 3. The molecule has 0 radical (unpaired) electrons. The Morgan fingerprint density at radius 1 is 0.679 bits per heavy atom. The molecule has 0 aromatic heterocycles. The molecule has 0 saturated carbocycles. The molecule has 28 heavy (non-hydrogen) atoms. The van der Waals surface area contributed by atoms with Gasteiger partial charge in [0, 0.05) is 28.3 Å². The lowest BCUT2D eigenvalue weighted by Gasteiger charge is -2.22. The second-order valence-electron chi connectivity index (χ2n) is 5.97. The normalized spacial score (nSPS) is 10.1. The first-order chi connectivity index (χ1) is 13.5. The average Bonchev–Trinajstić information content (AvgIpc) is 2.70. The van der Waals surface area contributed by atoms with E-state index in [4.69, 9.17) is 11.5 Å². The molecule has 7 heteroatoms. The smallest absolute Gasteiger partial charge is 0.321 e. The van der Waals surface area contributed by atoms with Crippen molar-refractivity contribution in [2.75, 3.05) is 16.4 Å². The molecule has 0 aliphatic heterocycles. The van der Waals surface area contributed by atoms with Crippen molar-refractivity contribution in [1.29, 1.82) is 0 Å². The number of hydrogen-bond acceptors (Lipinski definition) is 5. The fourth-order valence-electron chi connectivity index (χ4n) is 2.55. The van der Waals surface area contributed by atoms with Crippen LogP contribution in [0, 0.1) is 0 Å². The van der Waals surface area contributed by atoms with E-state index in [1.165, 1.54) is 29.2 Å². The van der Waals surface area contributed by atoms with Crippen LogP contribution in [0.1, 0.15) is 10.4 Å². The van der Waals surface area contributed by atoms with Gasteiger partial charge in [0.2, 0.25) is 0 Å². The lowest BCUT2D eigenvalue weighted by atomic mass is 10.2. The number of rotatable bonds is 3. The maximum Gasteiger partial charge on any atom is 0.321 e. The lowest BCUT2D eigenvalue weighted by molar-refractivity contribution is -0.136. The number of benzene rings is 3. The molecule has 0 aliphatic carbocycles. The second-order valence-corrected chi connectivity index (χ2v) is 5.97. The second kappa shape index (κ2) is 8.05. The maximum atomic E-state index is 12.9. The van der Waals surface area contributed by atoms with Crippen LogP contribution in [0.3, 0.4) is 0 Å². The summed E-state index contributed by atoms with van der Waals surface area (Å²) in [4.78, 5) is 38.8. The van der Waals surface area contributed by atoms with Crippen LogP contribution in [0.2, 0.25) is 0 Å². The van der Waals surface area contributed by atoms with E-state index in [2.05, 4.69) is 5.32 Å². The van der Waals surface area contributed by atoms with Crippen LogP contribution in [0.5, 0.6) is 0 Å². The minimum Gasteiger partial charge on any atom is -0.399 e. The zero-order valence-electron chi connectivity index (χ0n) is 14.8. The molecular weight excluding hydrogens is 356 g/mol. The zero-order chi connectivity index (χ0) is 20.1. The predicted octanol–water partition coefficient (Wildman–Crippen LogP) is 2.47. The third-order valence-corrected chi connectivity index (χ3v) is 3.96. The van der Waals surface area contributed by atoms with E-state index >= 15 is 0 Å². The van der Waals surface area contributed by atoms with Crippen LogP contribution in [0.15, 0.2) is 78.9 Å². The minimum atomic E-state index is -1.05. The minimum absolute atomic E-state index is 0.217. The van der Waals surface area contributed by atoms with Crippen molar-refractivity contribution >= 4 is 40.5 Å². The number of nitrogens with one attached hydrogen (secondary N) is 1. The molecule has 0 heterocycles. The molecule has 0 unspecified atom stereocenters. The highest BCUT2D eigenvalue weighted by Gasteiger charge is 2.26. The number of para-hydroxylation sites is 1. The molecule has 0 atom stereocenters. The van der Waals surface area contributed by atoms with Crippen molar-refractivity contribution in [1.82, 2.24) is 5.32 Å². The van der Waals surface area contributed by atoms with Crippen LogP contribution in [0.4, 0.5) is 22.7 Å². The van der Waals surface area contributed by atoms with Gasteiger partial charge in [0.25, 0.3) is 5.91 Å². The number of hydrogen-bond donors (Lipinski definition) is 3. The first-order valence-electron chi connectivity index (χ1n) is 8.41. The third-order valence-electron chi connectivity index (χ3n) is 3.96. The molecule has 3 aromatic rings. The SMILES string of the molecule is Nc1ccc(C(=O)NC(=O)C(=O)N(c2ccccc2)c2ccc(N)cc2)cc1. The van der Waals surface area contributed by atoms with Crippen LogP contribution < -0.4 is 21.7 Å². The monoisotopic (exact) mass is 374 g/mol. The molecule has 0 spiro atoms. The van der Waals surface area contributed by atoms with Crippen molar-refractivity contribution in [3.63, 3.8) is 0 Å². The molecule has 7 nitrogen and oxygen atoms in total. The first-order valence-corrected chi connectivity index (χ1v) is 8.41. The van der Waals surface area contributed by atoms with Gasteiger partial charge >= 0.3 is 11.8 Å². The maximum absolute atomic E-state index is 12.9. The van der Waals surface area contributed by atoms with E-state index in [0.717, 1.165) is 0 Å². The Morgan fingerprint density at radius 3 is 1.75 bits per heavy atom. The molecule has 140 valence electrons.